The molecule has 1 fully saturated rings. The van der Waals surface area contributed by atoms with Crippen LogP contribution in [0, 0.1) is 39.2 Å². The Kier molecular flexibility index (Phi) is 23.3. The summed E-state index contributed by atoms with van der Waals surface area (Å²) in [6, 6.07) is 0. The van der Waals surface area contributed by atoms with Gasteiger partial charge in [-0.15, -0.1) is 0 Å². The molecule has 1 saturated heterocycles. The van der Waals surface area contributed by atoms with Crippen LogP contribution in [-0.2, 0) is 48.6 Å². The minimum atomic E-state index is 0.295. The Morgan fingerprint density at radius 2 is 1.59 bits per heavy atom. The summed E-state index contributed by atoms with van der Waals surface area (Å²) in [7, 11) is 1.73. The van der Waals surface area contributed by atoms with Gasteiger partial charge in [-0.1, -0.05) is 0 Å². The zero-order valence-electron chi connectivity index (χ0n) is 14.7. The molecule has 0 amide bonds. The molecule has 1 aliphatic heterocycles. The van der Waals surface area contributed by atoms with E-state index in [2.05, 4.69) is 55.2 Å². The molecule has 3 rings (SSSR count). The standard InChI is InChI=1S/C14H18O2.5CO.Cr/c1-15-9-12-13(10-5-3-2-4-6-10)11-7-8-16-14(11)12;5*1-2;/h5,11,14H,2-4,6-8H2,1H3;;;;;;. The van der Waals surface area contributed by atoms with Gasteiger partial charge in [0.1, 0.15) is 0 Å². The van der Waals surface area contributed by atoms with Gasteiger partial charge in [-0.05, 0) is 0 Å². The molecule has 0 spiro atoms. The molecule has 0 bridgehead atoms. The maximum absolute atomic E-state index is 7.50. The number of hydrogen-bond acceptors (Lipinski definition) is 2. The first-order valence-corrected chi connectivity index (χ1v) is 8.12. The zero-order chi connectivity index (χ0) is 21.8. The van der Waals surface area contributed by atoms with Crippen LogP contribution in [0.3, 0.4) is 0 Å². The van der Waals surface area contributed by atoms with Gasteiger partial charge in [-0.25, -0.2) is 0 Å². The Morgan fingerprint density at radius 1 is 1.04 bits per heavy atom. The van der Waals surface area contributed by atoms with Crippen LogP contribution in [0.15, 0.2) is 22.8 Å². The monoisotopic (exact) mass is 410 g/mol. The molecule has 27 heavy (non-hydrogen) atoms. The molecule has 8 heteroatoms. The molecule has 7 nitrogen and oxygen atoms in total. The summed E-state index contributed by atoms with van der Waals surface area (Å²) in [6.07, 6.45) is 9.05. The van der Waals surface area contributed by atoms with Gasteiger partial charge in [-0.2, -0.15) is 0 Å². The molecule has 2 unspecified atom stereocenters. The number of ether oxygens (including phenoxy) is 2. The van der Waals surface area contributed by atoms with E-state index in [1.165, 1.54) is 43.3 Å². The second-order valence-corrected chi connectivity index (χ2v) is 5.56. The van der Waals surface area contributed by atoms with Crippen LogP contribution in [0.4, 0.5) is 0 Å². The van der Waals surface area contributed by atoms with Gasteiger partial charge in [0.15, 0.2) is 0 Å². The zero-order valence-corrected chi connectivity index (χ0v) is 16.0. The topological polar surface area (TPSA) is 118 Å². The first-order chi connectivity index (χ1) is 13.3. The fourth-order valence-electron chi connectivity index (χ4n) is 3.26. The van der Waals surface area contributed by atoms with Crippen LogP contribution in [0.1, 0.15) is 32.1 Å². The van der Waals surface area contributed by atoms with Crippen molar-refractivity contribution < 1.29 is 48.6 Å². The third-order valence-electron chi connectivity index (χ3n) is 4.08. The van der Waals surface area contributed by atoms with Gasteiger partial charge >= 0.3 is 167 Å². The van der Waals surface area contributed by atoms with Gasteiger partial charge in [0.05, 0.1) is 0 Å². The van der Waals surface area contributed by atoms with Crippen molar-refractivity contribution in [2.45, 2.75) is 38.2 Å². The van der Waals surface area contributed by atoms with Crippen LogP contribution in [0.2, 0.25) is 0 Å². The molecule has 0 N–H and O–H groups in total. The Balaban J connectivity index is -0.000000504. The molecule has 1 heterocycles. The van der Waals surface area contributed by atoms with Gasteiger partial charge < -0.3 is 0 Å². The summed E-state index contributed by atoms with van der Waals surface area (Å²) >= 11 is 3.04. The summed E-state index contributed by atoms with van der Waals surface area (Å²) in [4.78, 5) is 0. The predicted molar refractivity (Wildman–Crippen MR) is 83.1 cm³/mol. The molecule has 2 atom stereocenters. The molecule has 0 aromatic rings. The van der Waals surface area contributed by atoms with Crippen LogP contribution < -0.4 is 0 Å². The normalized spacial score (nSPS) is 20.5. The molecule has 0 aromatic heterocycles. The Morgan fingerprint density at radius 3 is 2.04 bits per heavy atom. The van der Waals surface area contributed by atoms with E-state index in [0.717, 1.165) is 11.2 Å². The third kappa shape index (κ3) is 8.37. The van der Waals surface area contributed by atoms with E-state index in [0.29, 0.717) is 12.0 Å². The van der Waals surface area contributed by atoms with Crippen LogP contribution in [0.25, 0.3) is 0 Å². The molecule has 3 aliphatic rings. The van der Waals surface area contributed by atoms with Crippen molar-refractivity contribution in [1.82, 2.24) is 0 Å². The van der Waals surface area contributed by atoms with Crippen LogP contribution in [0.5, 0.6) is 0 Å². The molecular formula is C19H18CrO7. The fourth-order valence-corrected chi connectivity index (χ4v) is 3.61. The molecule has 0 aromatic carbocycles. The van der Waals surface area contributed by atoms with Crippen molar-refractivity contribution in [2.75, 3.05) is 13.7 Å². The average molecular weight is 410 g/mol. The van der Waals surface area contributed by atoms with Gasteiger partial charge in [0, 0.05) is 0 Å². The molecule has 2 aliphatic carbocycles. The first-order valence-electron chi connectivity index (χ1n) is 7.48. The van der Waals surface area contributed by atoms with Gasteiger partial charge in [0.25, 0.3) is 0 Å². The SMILES string of the molecule is CO[C](=[Cr])C1=C(C2=CCCCC2)C2CCOC12.[C-]#[O+].[C-]#[O+].[C-]#[O+].[C-]#[O+].[C-]#[O+]. The van der Waals surface area contributed by atoms with E-state index < -0.39 is 0 Å². The fraction of sp³-hybridized carbons (Fsp3) is 0.474. The number of fused-ring (bicyclic) bond motifs is 1. The van der Waals surface area contributed by atoms with E-state index in [9.17, 15) is 0 Å². The number of allylic oxidation sites excluding steroid dienone is 2. The van der Waals surface area contributed by atoms with E-state index in [1.807, 2.05) is 0 Å². The van der Waals surface area contributed by atoms with Crippen molar-refractivity contribution in [3.8, 4) is 0 Å². The minimum absolute atomic E-state index is 0.295. The van der Waals surface area contributed by atoms with Crippen LogP contribution in [-0.4, -0.2) is 24.4 Å². The van der Waals surface area contributed by atoms with Crippen molar-refractivity contribution >= 4 is 4.57 Å². The average Bonchev–Trinajstić information content (AvgIpc) is 3.19. The Hall–Kier alpha value is -1.50. The Labute approximate surface area is 167 Å². The molecule has 0 radical (unpaired) electrons. The second kappa shape index (κ2) is 20.8. The van der Waals surface area contributed by atoms with Gasteiger partial charge in [0.2, 0.25) is 0 Å². The maximum atomic E-state index is 7.50. The summed E-state index contributed by atoms with van der Waals surface area (Å²) in [5.41, 5.74) is 4.38. The van der Waals surface area contributed by atoms with Crippen molar-refractivity contribution in [1.29, 1.82) is 0 Å². The quantitative estimate of drug-likeness (QED) is 0.524. The number of hydrogen-bond donors (Lipinski definition) is 0. The molecule has 142 valence electrons. The predicted octanol–water partition coefficient (Wildman–Crippen LogP) is 2.34. The summed E-state index contributed by atoms with van der Waals surface area (Å²) < 4.78 is 49.6. The molecular weight excluding hydrogens is 392 g/mol. The van der Waals surface area contributed by atoms with Crippen LogP contribution >= 0.6 is 0 Å². The van der Waals surface area contributed by atoms with E-state index in [-0.39, 0.29) is 0 Å². The third-order valence-corrected chi connectivity index (χ3v) is 4.68. The molecule has 0 saturated carbocycles. The summed E-state index contributed by atoms with van der Waals surface area (Å²) in [5.74, 6) is 0.632. The van der Waals surface area contributed by atoms with Gasteiger partial charge in [-0.3, -0.25) is 0 Å². The first kappa shape index (κ1) is 30.2. The van der Waals surface area contributed by atoms with Crippen molar-refractivity contribution in [2.24, 2.45) is 5.92 Å². The Bertz CT molecular complexity index is 573. The van der Waals surface area contributed by atoms with Crippen molar-refractivity contribution in [3.05, 3.63) is 56.0 Å². The second-order valence-electron chi connectivity index (χ2n) is 4.98. The number of rotatable bonds is 3. The van der Waals surface area contributed by atoms with E-state index >= 15 is 0 Å². The van der Waals surface area contributed by atoms with E-state index in [1.54, 1.807) is 12.7 Å². The summed E-state index contributed by atoms with van der Waals surface area (Å²) in [6.45, 7) is 23.4. The summed E-state index contributed by atoms with van der Waals surface area (Å²) in [5, 5.41) is 0. The van der Waals surface area contributed by atoms with E-state index in [4.69, 9.17) is 32.7 Å². The number of methoxy groups -OCH3 is 1. The van der Waals surface area contributed by atoms with Crippen molar-refractivity contribution in [3.63, 3.8) is 0 Å².